The Balaban J connectivity index is 1.95. The lowest BCUT2D eigenvalue weighted by molar-refractivity contribution is 0.141. The standard InChI is InChI=1S/C13H24N4/c1-3-11-9-16(7-5-12(11)14)10-13-15-6-8-17(13)4-2/h6,8,11-12H,3-5,7,9-10,14H2,1-2H3. The molecule has 4 nitrogen and oxygen atoms in total. The Morgan fingerprint density at radius 1 is 1.47 bits per heavy atom. The van der Waals surface area contributed by atoms with E-state index in [0.29, 0.717) is 12.0 Å². The molecule has 1 fully saturated rings. The number of aromatic nitrogens is 2. The Bertz CT molecular complexity index is 347. The largest absolute Gasteiger partial charge is 0.334 e. The maximum Gasteiger partial charge on any atom is 0.122 e. The van der Waals surface area contributed by atoms with E-state index in [2.05, 4.69) is 34.5 Å². The number of hydrogen-bond acceptors (Lipinski definition) is 3. The van der Waals surface area contributed by atoms with Gasteiger partial charge in [0.1, 0.15) is 5.82 Å². The third kappa shape index (κ3) is 2.87. The van der Waals surface area contributed by atoms with Gasteiger partial charge in [0.15, 0.2) is 0 Å². The van der Waals surface area contributed by atoms with Crippen molar-refractivity contribution in [1.82, 2.24) is 14.5 Å². The minimum absolute atomic E-state index is 0.391. The molecule has 0 amide bonds. The molecule has 2 N–H and O–H groups in total. The van der Waals surface area contributed by atoms with E-state index in [1.54, 1.807) is 0 Å². The lowest BCUT2D eigenvalue weighted by atomic mass is 9.91. The average molecular weight is 236 g/mol. The molecule has 0 radical (unpaired) electrons. The zero-order valence-corrected chi connectivity index (χ0v) is 11.0. The van der Waals surface area contributed by atoms with E-state index >= 15 is 0 Å². The Hall–Kier alpha value is -0.870. The van der Waals surface area contributed by atoms with Gasteiger partial charge < -0.3 is 10.3 Å². The van der Waals surface area contributed by atoms with Crippen molar-refractivity contribution in [3.8, 4) is 0 Å². The second-order valence-electron chi connectivity index (χ2n) is 4.99. The first kappa shape index (κ1) is 12.6. The van der Waals surface area contributed by atoms with E-state index in [4.69, 9.17) is 5.73 Å². The number of rotatable bonds is 4. The van der Waals surface area contributed by atoms with Crippen LogP contribution in [0.15, 0.2) is 12.4 Å². The summed E-state index contributed by atoms with van der Waals surface area (Å²) in [5.74, 6) is 1.83. The number of nitrogens with two attached hydrogens (primary N) is 1. The first-order chi connectivity index (χ1) is 8.24. The van der Waals surface area contributed by atoms with Crippen LogP contribution in [0.1, 0.15) is 32.5 Å². The molecule has 1 aliphatic rings. The summed E-state index contributed by atoms with van der Waals surface area (Å²) in [6.07, 6.45) is 6.25. The molecule has 0 bridgehead atoms. The number of aryl methyl sites for hydroxylation is 1. The van der Waals surface area contributed by atoms with Gasteiger partial charge in [0.05, 0.1) is 6.54 Å². The molecule has 1 aliphatic heterocycles. The van der Waals surface area contributed by atoms with E-state index < -0.39 is 0 Å². The van der Waals surface area contributed by atoms with Crippen LogP contribution in [0.5, 0.6) is 0 Å². The van der Waals surface area contributed by atoms with E-state index in [9.17, 15) is 0 Å². The van der Waals surface area contributed by atoms with Gasteiger partial charge in [-0.25, -0.2) is 4.98 Å². The van der Waals surface area contributed by atoms with Crippen molar-refractivity contribution in [2.45, 2.75) is 45.8 Å². The van der Waals surface area contributed by atoms with Crippen molar-refractivity contribution in [2.24, 2.45) is 11.7 Å². The van der Waals surface area contributed by atoms with Gasteiger partial charge in [-0.2, -0.15) is 0 Å². The normalized spacial score (nSPS) is 26.3. The van der Waals surface area contributed by atoms with Crippen molar-refractivity contribution in [3.63, 3.8) is 0 Å². The molecule has 4 heteroatoms. The lowest BCUT2D eigenvalue weighted by Crippen LogP contribution is -2.46. The molecule has 96 valence electrons. The maximum atomic E-state index is 6.13. The van der Waals surface area contributed by atoms with Gasteiger partial charge in [0.2, 0.25) is 0 Å². The Labute approximate surface area is 104 Å². The van der Waals surface area contributed by atoms with Gasteiger partial charge in [0, 0.05) is 38.1 Å². The molecule has 0 saturated carbocycles. The molecule has 0 aromatic carbocycles. The molecule has 1 saturated heterocycles. The predicted octanol–water partition coefficient (Wildman–Crippen LogP) is 1.46. The molecular weight excluding hydrogens is 212 g/mol. The van der Waals surface area contributed by atoms with Crippen molar-refractivity contribution >= 4 is 0 Å². The number of likely N-dealkylation sites (tertiary alicyclic amines) is 1. The molecular formula is C13H24N4. The highest BCUT2D eigenvalue weighted by atomic mass is 15.2. The van der Waals surface area contributed by atoms with Crippen LogP contribution in [0.3, 0.4) is 0 Å². The third-order valence-electron chi connectivity index (χ3n) is 3.91. The zero-order chi connectivity index (χ0) is 12.3. The summed E-state index contributed by atoms with van der Waals surface area (Å²) in [5.41, 5.74) is 6.13. The topological polar surface area (TPSA) is 47.1 Å². The van der Waals surface area contributed by atoms with E-state index in [1.807, 2.05) is 6.20 Å². The van der Waals surface area contributed by atoms with Crippen molar-refractivity contribution in [3.05, 3.63) is 18.2 Å². The molecule has 2 rings (SSSR count). The summed E-state index contributed by atoms with van der Waals surface area (Å²) in [7, 11) is 0. The first-order valence-electron chi connectivity index (χ1n) is 6.72. The van der Waals surface area contributed by atoms with Gasteiger partial charge in [-0.1, -0.05) is 13.3 Å². The van der Waals surface area contributed by atoms with E-state index in [-0.39, 0.29) is 0 Å². The summed E-state index contributed by atoms with van der Waals surface area (Å²) in [5, 5.41) is 0. The third-order valence-corrected chi connectivity index (χ3v) is 3.91. The van der Waals surface area contributed by atoms with Crippen LogP contribution in [0.2, 0.25) is 0 Å². The van der Waals surface area contributed by atoms with Crippen LogP contribution >= 0.6 is 0 Å². The fourth-order valence-corrected chi connectivity index (χ4v) is 2.68. The Morgan fingerprint density at radius 2 is 2.29 bits per heavy atom. The SMILES string of the molecule is CCC1CN(Cc2nccn2CC)CCC1N. The Morgan fingerprint density at radius 3 is 3.00 bits per heavy atom. The highest BCUT2D eigenvalue weighted by molar-refractivity contribution is 4.93. The smallest absolute Gasteiger partial charge is 0.122 e. The van der Waals surface area contributed by atoms with Crippen molar-refractivity contribution < 1.29 is 0 Å². The van der Waals surface area contributed by atoms with Crippen LogP contribution in [0, 0.1) is 5.92 Å². The van der Waals surface area contributed by atoms with Crippen LogP contribution in [0.4, 0.5) is 0 Å². The number of hydrogen-bond donors (Lipinski definition) is 1. The number of imidazole rings is 1. The molecule has 2 heterocycles. The van der Waals surface area contributed by atoms with Crippen LogP contribution < -0.4 is 5.73 Å². The summed E-state index contributed by atoms with van der Waals surface area (Å²) < 4.78 is 2.22. The zero-order valence-electron chi connectivity index (χ0n) is 11.0. The quantitative estimate of drug-likeness (QED) is 0.861. The molecule has 17 heavy (non-hydrogen) atoms. The molecule has 1 aromatic rings. The summed E-state index contributed by atoms with van der Waals surface area (Å²) in [6, 6.07) is 0.391. The molecule has 0 spiro atoms. The van der Waals surface area contributed by atoms with Gasteiger partial charge >= 0.3 is 0 Å². The van der Waals surface area contributed by atoms with Crippen molar-refractivity contribution in [2.75, 3.05) is 13.1 Å². The van der Waals surface area contributed by atoms with Crippen LogP contribution in [-0.4, -0.2) is 33.6 Å². The molecule has 0 aliphatic carbocycles. The second kappa shape index (κ2) is 5.65. The number of nitrogens with zero attached hydrogens (tertiary/aromatic N) is 3. The summed E-state index contributed by atoms with van der Waals surface area (Å²) in [6.45, 7) is 8.58. The number of piperidine rings is 1. The maximum absolute atomic E-state index is 6.13. The van der Waals surface area contributed by atoms with Crippen molar-refractivity contribution in [1.29, 1.82) is 0 Å². The first-order valence-corrected chi connectivity index (χ1v) is 6.72. The van der Waals surface area contributed by atoms with Gasteiger partial charge in [-0.05, 0) is 19.3 Å². The minimum atomic E-state index is 0.391. The van der Waals surface area contributed by atoms with Gasteiger partial charge in [-0.15, -0.1) is 0 Å². The van der Waals surface area contributed by atoms with Gasteiger partial charge in [-0.3, -0.25) is 4.90 Å². The van der Waals surface area contributed by atoms with E-state index in [1.165, 1.54) is 12.2 Å². The minimum Gasteiger partial charge on any atom is -0.334 e. The molecule has 2 atom stereocenters. The van der Waals surface area contributed by atoms with Gasteiger partial charge in [0.25, 0.3) is 0 Å². The molecule has 2 unspecified atom stereocenters. The Kier molecular flexibility index (Phi) is 4.18. The monoisotopic (exact) mass is 236 g/mol. The predicted molar refractivity (Wildman–Crippen MR) is 69.6 cm³/mol. The summed E-state index contributed by atoms with van der Waals surface area (Å²) in [4.78, 5) is 6.93. The summed E-state index contributed by atoms with van der Waals surface area (Å²) >= 11 is 0. The second-order valence-corrected chi connectivity index (χ2v) is 4.99. The molecule has 1 aromatic heterocycles. The highest BCUT2D eigenvalue weighted by Crippen LogP contribution is 2.19. The fourth-order valence-electron chi connectivity index (χ4n) is 2.68. The fraction of sp³-hybridized carbons (Fsp3) is 0.769. The average Bonchev–Trinajstić information content (AvgIpc) is 2.79. The van der Waals surface area contributed by atoms with Crippen LogP contribution in [-0.2, 0) is 13.1 Å². The van der Waals surface area contributed by atoms with E-state index in [0.717, 1.165) is 32.6 Å². The highest BCUT2D eigenvalue weighted by Gasteiger charge is 2.25. The van der Waals surface area contributed by atoms with Crippen LogP contribution in [0.25, 0.3) is 0 Å². The lowest BCUT2D eigenvalue weighted by Gasteiger charge is -2.36.